The molecular formula is C19H19Cl2F3N2O3S. The fourth-order valence-corrected chi connectivity index (χ4v) is 3.87. The van der Waals surface area contributed by atoms with Gasteiger partial charge >= 0.3 is 6.18 Å². The Balaban J connectivity index is 2.05. The Labute approximate surface area is 182 Å². The van der Waals surface area contributed by atoms with Crippen molar-refractivity contribution >= 4 is 44.8 Å². The number of benzene rings is 2. The van der Waals surface area contributed by atoms with Gasteiger partial charge in [-0.1, -0.05) is 35.3 Å². The summed E-state index contributed by atoms with van der Waals surface area (Å²) in [5, 5.41) is 2.96. The molecule has 0 bridgehead atoms. The Morgan fingerprint density at radius 3 is 2.30 bits per heavy atom. The second kappa shape index (κ2) is 9.89. The third-order valence-electron chi connectivity index (χ3n) is 4.11. The molecule has 0 saturated carbocycles. The number of carbonyl (C=O) groups excluding carboxylic acids is 1. The lowest BCUT2D eigenvalue weighted by Gasteiger charge is -2.24. The summed E-state index contributed by atoms with van der Waals surface area (Å²) >= 11 is 11.7. The zero-order chi connectivity index (χ0) is 22.5. The van der Waals surface area contributed by atoms with Crippen molar-refractivity contribution in [2.45, 2.75) is 19.0 Å². The van der Waals surface area contributed by atoms with Gasteiger partial charge in [-0.15, -0.1) is 0 Å². The topological polar surface area (TPSA) is 66.5 Å². The smallest absolute Gasteiger partial charge is 0.355 e. The van der Waals surface area contributed by atoms with Crippen molar-refractivity contribution in [3.05, 3.63) is 63.6 Å². The second-order valence-corrected chi connectivity index (χ2v) is 9.26. The number of amides is 1. The van der Waals surface area contributed by atoms with Crippen LogP contribution in [0.15, 0.2) is 42.5 Å². The molecule has 1 amide bonds. The van der Waals surface area contributed by atoms with E-state index in [1.54, 1.807) is 12.1 Å². The molecule has 0 unspecified atom stereocenters. The summed E-state index contributed by atoms with van der Waals surface area (Å²) in [7, 11) is -4.07. The van der Waals surface area contributed by atoms with Crippen molar-refractivity contribution in [3.8, 4) is 0 Å². The number of nitrogens with zero attached hydrogens (tertiary/aromatic N) is 1. The van der Waals surface area contributed by atoms with Crippen molar-refractivity contribution < 1.29 is 26.4 Å². The van der Waals surface area contributed by atoms with Crippen molar-refractivity contribution in [2.75, 3.05) is 23.7 Å². The quantitative estimate of drug-likeness (QED) is 0.562. The van der Waals surface area contributed by atoms with E-state index in [0.29, 0.717) is 28.2 Å². The van der Waals surface area contributed by atoms with E-state index >= 15 is 0 Å². The summed E-state index contributed by atoms with van der Waals surface area (Å²) in [6, 6.07) is 9.50. The van der Waals surface area contributed by atoms with E-state index in [1.807, 2.05) is 12.1 Å². The zero-order valence-electron chi connectivity index (χ0n) is 15.8. The number of nitrogens with one attached hydrogen (secondary N) is 1. The van der Waals surface area contributed by atoms with E-state index < -0.39 is 39.9 Å². The summed E-state index contributed by atoms with van der Waals surface area (Å²) in [6.07, 6.45) is -2.66. The predicted molar refractivity (Wildman–Crippen MR) is 111 cm³/mol. The fraction of sp³-hybridized carbons (Fsp3) is 0.316. The van der Waals surface area contributed by atoms with Crippen LogP contribution in [0, 0.1) is 0 Å². The third kappa shape index (κ3) is 7.07. The minimum absolute atomic E-state index is 0.219. The lowest BCUT2D eigenvalue weighted by Crippen LogP contribution is -2.41. The van der Waals surface area contributed by atoms with Crippen LogP contribution >= 0.6 is 23.2 Å². The molecule has 1 N–H and O–H groups in total. The van der Waals surface area contributed by atoms with E-state index in [2.05, 4.69) is 5.32 Å². The van der Waals surface area contributed by atoms with Gasteiger partial charge in [-0.3, -0.25) is 9.10 Å². The lowest BCUT2D eigenvalue weighted by molar-refractivity contribution is -0.137. The largest absolute Gasteiger partial charge is 0.416 e. The highest BCUT2D eigenvalue weighted by Gasteiger charge is 2.33. The normalized spacial score (nSPS) is 11.9. The Morgan fingerprint density at radius 1 is 1.10 bits per heavy atom. The molecule has 0 atom stereocenters. The molecule has 0 spiro atoms. The molecule has 164 valence electrons. The first kappa shape index (κ1) is 24.3. The van der Waals surface area contributed by atoms with Crippen LogP contribution < -0.4 is 9.62 Å². The van der Waals surface area contributed by atoms with E-state index in [4.69, 9.17) is 23.2 Å². The molecule has 0 aromatic heterocycles. The molecule has 0 saturated heterocycles. The average molecular weight is 483 g/mol. The number of halogens is 5. The highest BCUT2D eigenvalue weighted by atomic mass is 35.5. The van der Waals surface area contributed by atoms with E-state index in [9.17, 15) is 26.4 Å². The van der Waals surface area contributed by atoms with Gasteiger partial charge in [0.2, 0.25) is 15.9 Å². The first-order valence-electron chi connectivity index (χ1n) is 8.73. The van der Waals surface area contributed by atoms with Crippen molar-refractivity contribution in [1.29, 1.82) is 0 Å². The van der Waals surface area contributed by atoms with Crippen LogP contribution in [0.25, 0.3) is 0 Å². The molecule has 2 aromatic rings. The minimum Gasteiger partial charge on any atom is -0.355 e. The van der Waals surface area contributed by atoms with Gasteiger partial charge in [0.05, 0.1) is 22.5 Å². The summed E-state index contributed by atoms with van der Waals surface area (Å²) in [6.45, 7) is -0.434. The average Bonchev–Trinajstić information content (AvgIpc) is 2.63. The number of aryl methyl sites for hydroxylation is 1. The van der Waals surface area contributed by atoms with Crippen LogP contribution in [0.2, 0.25) is 10.0 Å². The molecule has 0 aliphatic heterocycles. The second-order valence-electron chi connectivity index (χ2n) is 6.51. The molecular weight excluding hydrogens is 464 g/mol. The monoisotopic (exact) mass is 482 g/mol. The maximum atomic E-state index is 13.0. The molecule has 11 heteroatoms. The van der Waals surface area contributed by atoms with Gasteiger partial charge in [-0.05, 0) is 48.7 Å². The van der Waals surface area contributed by atoms with Gasteiger partial charge in [-0.2, -0.15) is 13.2 Å². The van der Waals surface area contributed by atoms with E-state index in [1.165, 1.54) is 0 Å². The Bertz CT molecular complexity index is 997. The first-order valence-corrected chi connectivity index (χ1v) is 11.3. The number of hydrogen-bond acceptors (Lipinski definition) is 3. The number of anilines is 1. The Hall–Kier alpha value is -1.97. The fourth-order valence-electron chi connectivity index (χ4n) is 2.62. The number of alkyl halides is 3. The molecule has 0 aliphatic rings. The zero-order valence-corrected chi connectivity index (χ0v) is 18.2. The number of carbonyl (C=O) groups is 1. The van der Waals surface area contributed by atoms with Crippen molar-refractivity contribution in [1.82, 2.24) is 5.32 Å². The predicted octanol–water partition coefficient (Wildman–Crippen LogP) is 4.53. The molecule has 0 fully saturated rings. The maximum absolute atomic E-state index is 13.0. The summed E-state index contributed by atoms with van der Waals surface area (Å²) in [5.41, 5.74) is -0.466. The van der Waals surface area contributed by atoms with Crippen LogP contribution in [0.4, 0.5) is 18.9 Å². The highest BCUT2D eigenvalue weighted by molar-refractivity contribution is 7.92. The number of sulfonamides is 1. The van der Waals surface area contributed by atoms with Gasteiger partial charge < -0.3 is 5.32 Å². The molecule has 0 radical (unpaired) electrons. The highest BCUT2D eigenvalue weighted by Crippen LogP contribution is 2.36. The SMILES string of the molecule is CS(=O)(=O)N(CC(=O)NCCCc1ccc(Cl)cc1)c1cc(C(F)(F)F)ccc1Cl. The minimum atomic E-state index is -4.69. The van der Waals surface area contributed by atoms with E-state index in [0.717, 1.165) is 24.0 Å². The van der Waals surface area contributed by atoms with Crippen molar-refractivity contribution in [3.63, 3.8) is 0 Å². The molecule has 0 heterocycles. The van der Waals surface area contributed by atoms with Crippen LogP contribution in [0.1, 0.15) is 17.5 Å². The Kier molecular flexibility index (Phi) is 8.01. The van der Waals surface area contributed by atoms with Gasteiger partial charge in [0.25, 0.3) is 0 Å². The molecule has 2 aromatic carbocycles. The van der Waals surface area contributed by atoms with Gasteiger partial charge in [0, 0.05) is 11.6 Å². The molecule has 30 heavy (non-hydrogen) atoms. The van der Waals surface area contributed by atoms with Crippen molar-refractivity contribution in [2.24, 2.45) is 0 Å². The Morgan fingerprint density at radius 2 is 1.73 bits per heavy atom. The summed E-state index contributed by atoms with van der Waals surface area (Å²) in [4.78, 5) is 12.2. The molecule has 0 aliphatic carbocycles. The maximum Gasteiger partial charge on any atom is 0.416 e. The molecule has 2 rings (SSSR count). The van der Waals surface area contributed by atoms with Crippen LogP contribution in [-0.4, -0.2) is 33.7 Å². The van der Waals surface area contributed by atoms with Gasteiger partial charge in [-0.25, -0.2) is 8.42 Å². The van der Waals surface area contributed by atoms with Crippen LogP contribution in [-0.2, 0) is 27.4 Å². The van der Waals surface area contributed by atoms with Gasteiger partial charge in [0.15, 0.2) is 0 Å². The molecule has 5 nitrogen and oxygen atoms in total. The van der Waals surface area contributed by atoms with Gasteiger partial charge in [0.1, 0.15) is 6.54 Å². The number of hydrogen-bond donors (Lipinski definition) is 1. The third-order valence-corrected chi connectivity index (χ3v) is 5.81. The first-order chi connectivity index (χ1) is 13.9. The standard InChI is InChI=1S/C19H19Cl2F3N2O3S/c1-30(28,29)26(17-11-14(19(22,23)24)6-9-16(17)21)12-18(27)25-10-2-3-13-4-7-15(20)8-5-13/h4-9,11H,2-3,10,12H2,1H3,(H,25,27). The van der Waals surface area contributed by atoms with E-state index in [-0.39, 0.29) is 11.6 Å². The lowest BCUT2D eigenvalue weighted by atomic mass is 10.1. The summed E-state index contributed by atoms with van der Waals surface area (Å²) < 4.78 is 63.8. The summed E-state index contributed by atoms with van der Waals surface area (Å²) in [5.74, 6) is -0.662. The number of rotatable bonds is 8. The van der Waals surface area contributed by atoms with Crippen LogP contribution in [0.5, 0.6) is 0 Å². The van der Waals surface area contributed by atoms with Crippen LogP contribution in [0.3, 0.4) is 0 Å².